The smallest absolute Gasteiger partial charge is 0.302 e. The summed E-state index contributed by atoms with van der Waals surface area (Å²) >= 11 is 0. The van der Waals surface area contributed by atoms with Crippen LogP contribution in [0, 0.1) is 0 Å². The third-order valence-electron chi connectivity index (χ3n) is 5.50. The molecule has 1 N–H and O–H groups in total. The molecule has 0 rings (SSSR count). The maximum Gasteiger partial charge on any atom is 0.472 e. The van der Waals surface area contributed by atoms with Crippen LogP contribution in [0.4, 0.5) is 0 Å². The van der Waals surface area contributed by atoms with E-state index in [9.17, 15) is 9.46 Å². The van der Waals surface area contributed by atoms with Gasteiger partial charge in [0.1, 0.15) is 0 Å². The molecule has 0 heterocycles. The van der Waals surface area contributed by atoms with Gasteiger partial charge in [-0.05, 0) is 12.8 Å². The molecule has 30 heavy (non-hydrogen) atoms. The second-order valence-electron chi connectivity index (χ2n) is 8.50. The molecular weight excluding hydrogens is 442 g/mol. The van der Waals surface area contributed by atoms with E-state index in [-0.39, 0.29) is 16.5 Å². The fourth-order valence-electron chi connectivity index (χ4n) is 3.58. The van der Waals surface area contributed by atoms with Gasteiger partial charge in [0.05, 0.1) is 13.2 Å². The summed E-state index contributed by atoms with van der Waals surface area (Å²) in [6, 6.07) is 0. The van der Waals surface area contributed by atoms with Crippen molar-refractivity contribution in [2.75, 3.05) is 13.2 Å². The predicted molar refractivity (Wildman–Crippen MR) is 125 cm³/mol. The van der Waals surface area contributed by atoms with Gasteiger partial charge in [-0.15, -0.1) is 0 Å². The Balaban J connectivity index is 0. The molecule has 0 amide bonds. The molecule has 0 unspecified atom stereocenters. The molecule has 0 saturated heterocycles. The van der Waals surface area contributed by atoms with Crippen molar-refractivity contribution >= 4 is 7.82 Å². The zero-order valence-corrected chi connectivity index (χ0v) is 21.9. The van der Waals surface area contributed by atoms with Crippen LogP contribution >= 0.6 is 7.82 Å². The topological polar surface area (TPSA) is 55.8 Å². The zero-order valence-electron chi connectivity index (χ0n) is 20.0. The van der Waals surface area contributed by atoms with Gasteiger partial charge in [-0.1, -0.05) is 129 Å². The SMILES string of the molecule is CCCCCCCCCCCCOP(=O)(O)OCCCCCCCCCCCC.[Ni]. The van der Waals surface area contributed by atoms with E-state index >= 15 is 0 Å². The number of phosphoric acid groups is 1. The van der Waals surface area contributed by atoms with Crippen molar-refractivity contribution in [2.45, 2.75) is 142 Å². The third-order valence-corrected chi connectivity index (χ3v) is 6.52. The minimum absolute atomic E-state index is 0. The van der Waals surface area contributed by atoms with Gasteiger partial charge < -0.3 is 4.89 Å². The largest absolute Gasteiger partial charge is 0.472 e. The molecule has 0 fully saturated rings. The van der Waals surface area contributed by atoms with Crippen LogP contribution in [0.1, 0.15) is 142 Å². The monoisotopic (exact) mass is 492 g/mol. The Bertz CT molecular complexity index is 339. The van der Waals surface area contributed by atoms with Crippen molar-refractivity contribution in [3.63, 3.8) is 0 Å². The average molecular weight is 493 g/mol. The van der Waals surface area contributed by atoms with Crippen molar-refractivity contribution in [3.8, 4) is 0 Å². The van der Waals surface area contributed by atoms with Crippen LogP contribution < -0.4 is 0 Å². The number of hydrogen-bond donors (Lipinski definition) is 1. The zero-order chi connectivity index (χ0) is 21.5. The van der Waals surface area contributed by atoms with E-state index in [1.54, 1.807) is 0 Å². The summed E-state index contributed by atoms with van der Waals surface area (Å²) < 4.78 is 22.0. The summed E-state index contributed by atoms with van der Waals surface area (Å²) in [6.07, 6.45) is 24.8. The van der Waals surface area contributed by atoms with Gasteiger partial charge in [0.15, 0.2) is 0 Å². The van der Waals surface area contributed by atoms with Crippen LogP contribution in [0.2, 0.25) is 0 Å². The molecule has 0 aromatic carbocycles. The van der Waals surface area contributed by atoms with Crippen LogP contribution in [-0.2, 0) is 30.1 Å². The average Bonchev–Trinajstić information content (AvgIpc) is 2.70. The molecule has 0 bridgehead atoms. The van der Waals surface area contributed by atoms with Gasteiger partial charge in [0.25, 0.3) is 0 Å². The van der Waals surface area contributed by atoms with Crippen molar-refractivity contribution in [1.82, 2.24) is 0 Å². The van der Waals surface area contributed by atoms with E-state index < -0.39 is 7.82 Å². The summed E-state index contributed by atoms with van der Waals surface area (Å²) in [5, 5.41) is 0. The molecule has 0 aliphatic carbocycles. The maximum absolute atomic E-state index is 11.8. The predicted octanol–water partition coefficient (Wildman–Crippen LogP) is 8.96. The number of unbranched alkanes of at least 4 members (excludes halogenated alkanes) is 18. The van der Waals surface area contributed by atoms with Gasteiger partial charge in [0.2, 0.25) is 0 Å². The second-order valence-corrected chi connectivity index (χ2v) is 9.95. The van der Waals surface area contributed by atoms with E-state index in [0.717, 1.165) is 25.7 Å². The van der Waals surface area contributed by atoms with E-state index in [0.29, 0.717) is 13.2 Å². The molecule has 0 atom stereocenters. The van der Waals surface area contributed by atoms with Crippen molar-refractivity contribution < 1.29 is 35.0 Å². The van der Waals surface area contributed by atoms with Gasteiger partial charge >= 0.3 is 7.82 Å². The molecule has 0 radical (unpaired) electrons. The standard InChI is InChI=1S/C24H51O4P.Ni/c1-3-5-7-9-11-13-15-17-19-21-23-27-29(25,26)28-24-22-20-18-16-14-12-10-8-6-4-2;/h3-24H2,1-2H3,(H,25,26);. The van der Waals surface area contributed by atoms with Crippen molar-refractivity contribution in [1.29, 1.82) is 0 Å². The minimum Gasteiger partial charge on any atom is -0.302 e. The summed E-state index contributed by atoms with van der Waals surface area (Å²) in [6.45, 7) is 5.14. The van der Waals surface area contributed by atoms with E-state index in [2.05, 4.69) is 13.8 Å². The number of hydrogen-bond acceptors (Lipinski definition) is 3. The van der Waals surface area contributed by atoms with Crippen LogP contribution in [0.25, 0.3) is 0 Å². The first kappa shape index (κ1) is 32.8. The second kappa shape index (κ2) is 25.9. The Hall–Kier alpha value is 0.604. The Morgan fingerprint density at radius 3 is 1.00 bits per heavy atom. The van der Waals surface area contributed by atoms with Crippen LogP contribution in [0.15, 0.2) is 0 Å². The van der Waals surface area contributed by atoms with Gasteiger partial charge in [-0.3, -0.25) is 9.05 Å². The van der Waals surface area contributed by atoms with Crippen LogP contribution in [0.5, 0.6) is 0 Å². The number of rotatable bonds is 24. The van der Waals surface area contributed by atoms with Crippen molar-refractivity contribution in [3.05, 3.63) is 0 Å². The first-order chi connectivity index (χ1) is 14.1. The van der Waals surface area contributed by atoms with Crippen LogP contribution in [-0.4, -0.2) is 18.1 Å². The van der Waals surface area contributed by atoms with Gasteiger partial charge in [-0.25, -0.2) is 4.57 Å². The summed E-state index contributed by atoms with van der Waals surface area (Å²) in [4.78, 5) is 9.71. The molecule has 0 spiro atoms. The molecule has 0 aliphatic rings. The Labute approximate surface area is 198 Å². The molecule has 4 nitrogen and oxygen atoms in total. The fourth-order valence-corrected chi connectivity index (χ4v) is 4.37. The van der Waals surface area contributed by atoms with E-state index in [4.69, 9.17) is 9.05 Å². The molecule has 6 heteroatoms. The van der Waals surface area contributed by atoms with Gasteiger partial charge in [0, 0.05) is 16.5 Å². The first-order valence-corrected chi connectivity index (χ1v) is 14.2. The van der Waals surface area contributed by atoms with E-state index in [1.807, 2.05) is 0 Å². The molecule has 0 saturated carbocycles. The Morgan fingerprint density at radius 2 is 0.733 bits per heavy atom. The molecule has 0 aliphatic heterocycles. The quantitative estimate of drug-likeness (QED) is 0.0829. The normalized spacial score (nSPS) is 11.6. The summed E-state index contributed by atoms with van der Waals surface area (Å²) in [7, 11) is -3.85. The summed E-state index contributed by atoms with van der Waals surface area (Å²) in [5.41, 5.74) is 0. The fraction of sp³-hybridized carbons (Fsp3) is 1.00. The number of phosphoric ester groups is 1. The molecule has 186 valence electrons. The molecular formula is C24H51NiO4P. The molecule has 0 aromatic heterocycles. The Kier molecular flexibility index (Phi) is 28.3. The molecule has 0 aromatic rings. The summed E-state index contributed by atoms with van der Waals surface area (Å²) in [5.74, 6) is 0. The van der Waals surface area contributed by atoms with Crippen LogP contribution in [0.3, 0.4) is 0 Å². The first-order valence-electron chi connectivity index (χ1n) is 12.7. The maximum atomic E-state index is 11.8. The Morgan fingerprint density at radius 1 is 0.500 bits per heavy atom. The van der Waals surface area contributed by atoms with Gasteiger partial charge in [-0.2, -0.15) is 0 Å². The minimum atomic E-state index is -3.85. The van der Waals surface area contributed by atoms with Crippen molar-refractivity contribution in [2.24, 2.45) is 0 Å². The van der Waals surface area contributed by atoms with E-state index in [1.165, 1.54) is 103 Å². The third kappa shape index (κ3) is 26.6.